The zero-order valence-corrected chi connectivity index (χ0v) is 12.2. The average Bonchev–Trinajstić information content (AvgIpc) is 2.86. The van der Waals surface area contributed by atoms with Crippen molar-refractivity contribution in [1.82, 2.24) is 4.98 Å². The quantitative estimate of drug-likeness (QED) is 0.891. The van der Waals surface area contributed by atoms with Crippen molar-refractivity contribution in [1.29, 1.82) is 0 Å². The second kappa shape index (κ2) is 5.25. The number of rotatable bonds is 2. The number of nitrogen functional groups attached to an aromatic ring is 1. The number of hydrogen-bond acceptors (Lipinski definition) is 4. The number of carbonyl (C=O) groups is 1. The van der Waals surface area contributed by atoms with Crippen molar-refractivity contribution in [3.05, 3.63) is 39.2 Å². The monoisotopic (exact) mass is 287 g/mol. The van der Waals surface area contributed by atoms with Crippen molar-refractivity contribution in [2.75, 3.05) is 11.1 Å². The Morgan fingerprint density at radius 3 is 2.90 bits per heavy atom. The van der Waals surface area contributed by atoms with E-state index in [1.54, 1.807) is 17.5 Å². The highest BCUT2D eigenvalue weighted by Crippen LogP contribution is 2.30. The fourth-order valence-electron chi connectivity index (χ4n) is 2.50. The maximum atomic E-state index is 12.3. The first-order chi connectivity index (χ1) is 9.63. The lowest BCUT2D eigenvalue weighted by Gasteiger charge is -2.08. The smallest absolute Gasteiger partial charge is 0.266 e. The average molecular weight is 287 g/mol. The summed E-state index contributed by atoms with van der Waals surface area (Å²) < 4.78 is 0. The fourth-order valence-corrected chi connectivity index (χ4v) is 3.65. The molecule has 0 bridgehead atoms. The van der Waals surface area contributed by atoms with E-state index >= 15 is 0 Å². The summed E-state index contributed by atoms with van der Waals surface area (Å²) in [5.74, 6) is 0.500. The van der Waals surface area contributed by atoms with Crippen LogP contribution >= 0.6 is 11.3 Å². The number of nitrogens with zero attached hydrogens (tertiary/aromatic N) is 1. The molecule has 0 radical (unpaired) electrons. The van der Waals surface area contributed by atoms with E-state index in [2.05, 4.69) is 10.3 Å². The summed E-state index contributed by atoms with van der Waals surface area (Å²) in [6.45, 7) is 1.89. The summed E-state index contributed by atoms with van der Waals surface area (Å²) in [5.41, 5.74) is 8.48. The Labute approximate surface area is 122 Å². The molecular formula is C15H17N3OS. The first-order valence-electron chi connectivity index (χ1n) is 6.78. The molecule has 1 amide bonds. The third kappa shape index (κ3) is 2.54. The van der Waals surface area contributed by atoms with Gasteiger partial charge in [-0.2, -0.15) is 0 Å². The molecule has 20 heavy (non-hydrogen) atoms. The number of anilines is 2. The van der Waals surface area contributed by atoms with Crippen molar-refractivity contribution < 1.29 is 4.79 Å². The molecule has 4 nitrogen and oxygen atoms in total. The van der Waals surface area contributed by atoms with E-state index in [0.717, 1.165) is 23.3 Å². The Hall–Kier alpha value is -1.88. The highest BCUT2D eigenvalue weighted by molar-refractivity contribution is 7.14. The summed E-state index contributed by atoms with van der Waals surface area (Å²) in [7, 11) is 0. The Morgan fingerprint density at radius 1 is 1.35 bits per heavy atom. The van der Waals surface area contributed by atoms with E-state index in [0.29, 0.717) is 11.5 Å². The summed E-state index contributed by atoms with van der Waals surface area (Å²) in [6, 6.07) is 3.84. The summed E-state index contributed by atoms with van der Waals surface area (Å²) in [4.78, 5) is 18.6. The van der Waals surface area contributed by atoms with Crippen LogP contribution in [0.15, 0.2) is 18.3 Å². The van der Waals surface area contributed by atoms with Gasteiger partial charge < -0.3 is 11.1 Å². The van der Waals surface area contributed by atoms with Crippen LogP contribution < -0.4 is 11.1 Å². The van der Waals surface area contributed by atoms with Gasteiger partial charge in [-0.1, -0.05) is 0 Å². The van der Waals surface area contributed by atoms with Gasteiger partial charge in [0.2, 0.25) is 0 Å². The van der Waals surface area contributed by atoms with Crippen LogP contribution in [0.1, 0.15) is 38.5 Å². The molecule has 0 spiro atoms. The van der Waals surface area contributed by atoms with Crippen molar-refractivity contribution in [2.45, 2.75) is 32.6 Å². The first-order valence-corrected chi connectivity index (χ1v) is 7.60. The van der Waals surface area contributed by atoms with Crippen LogP contribution in [0.4, 0.5) is 11.5 Å². The van der Waals surface area contributed by atoms with Gasteiger partial charge in [0.15, 0.2) is 0 Å². The van der Waals surface area contributed by atoms with Crippen LogP contribution in [0.2, 0.25) is 0 Å². The molecule has 2 aromatic rings. The SMILES string of the molecule is Cc1cc(N)cnc1NC(=O)c1cc2c(s1)CCCC2. The van der Waals surface area contributed by atoms with Gasteiger partial charge in [-0.15, -0.1) is 11.3 Å². The maximum absolute atomic E-state index is 12.3. The largest absolute Gasteiger partial charge is 0.397 e. The molecule has 0 fully saturated rings. The molecule has 1 aliphatic rings. The van der Waals surface area contributed by atoms with Gasteiger partial charge in [-0.3, -0.25) is 4.79 Å². The molecule has 104 valence electrons. The molecule has 0 saturated carbocycles. The molecule has 0 saturated heterocycles. The van der Waals surface area contributed by atoms with Crippen molar-refractivity contribution in [3.8, 4) is 0 Å². The van der Waals surface area contributed by atoms with E-state index in [9.17, 15) is 4.79 Å². The van der Waals surface area contributed by atoms with Gasteiger partial charge in [-0.25, -0.2) is 4.98 Å². The Kier molecular flexibility index (Phi) is 3.44. The molecule has 3 N–H and O–H groups in total. The normalized spacial score (nSPS) is 13.8. The van der Waals surface area contributed by atoms with Crippen LogP contribution in [0.5, 0.6) is 0 Å². The number of aromatic nitrogens is 1. The van der Waals surface area contributed by atoms with Gasteiger partial charge in [0.1, 0.15) is 5.82 Å². The molecule has 0 aliphatic heterocycles. The number of thiophene rings is 1. The van der Waals surface area contributed by atoms with Gasteiger partial charge in [0, 0.05) is 4.88 Å². The number of hydrogen-bond donors (Lipinski definition) is 2. The fraction of sp³-hybridized carbons (Fsp3) is 0.333. The minimum absolute atomic E-state index is 0.0789. The molecule has 0 unspecified atom stereocenters. The van der Waals surface area contributed by atoms with Gasteiger partial charge in [0.05, 0.1) is 16.8 Å². The molecule has 5 heteroatoms. The summed E-state index contributed by atoms with van der Waals surface area (Å²) >= 11 is 1.61. The zero-order chi connectivity index (χ0) is 14.1. The molecule has 0 atom stereocenters. The minimum atomic E-state index is -0.0789. The number of fused-ring (bicyclic) bond motifs is 1. The zero-order valence-electron chi connectivity index (χ0n) is 11.4. The maximum Gasteiger partial charge on any atom is 0.266 e. The third-order valence-corrected chi connectivity index (χ3v) is 4.79. The van der Waals surface area contributed by atoms with E-state index in [1.165, 1.54) is 23.3 Å². The molecule has 3 rings (SSSR count). The van der Waals surface area contributed by atoms with Crippen molar-refractivity contribution in [3.63, 3.8) is 0 Å². The predicted molar refractivity (Wildman–Crippen MR) is 82.3 cm³/mol. The number of amides is 1. The van der Waals surface area contributed by atoms with Gasteiger partial charge in [-0.05, 0) is 55.9 Å². The van der Waals surface area contributed by atoms with Crippen LogP contribution in [-0.4, -0.2) is 10.9 Å². The second-order valence-corrected chi connectivity index (χ2v) is 6.29. The first kappa shape index (κ1) is 13.1. The van der Waals surface area contributed by atoms with Crippen LogP contribution in [-0.2, 0) is 12.8 Å². The summed E-state index contributed by atoms with van der Waals surface area (Å²) in [6.07, 6.45) is 6.21. The Balaban J connectivity index is 1.80. The van der Waals surface area contributed by atoms with E-state index in [-0.39, 0.29) is 5.91 Å². The highest BCUT2D eigenvalue weighted by atomic mass is 32.1. The molecule has 2 heterocycles. The van der Waals surface area contributed by atoms with Gasteiger partial charge >= 0.3 is 0 Å². The standard InChI is InChI=1S/C15H17N3OS/c1-9-6-11(16)8-17-14(9)18-15(19)13-7-10-4-2-3-5-12(10)20-13/h6-8H,2-5,16H2,1H3,(H,17,18,19). The number of nitrogens with two attached hydrogens (primary N) is 1. The topological polar surface area (TPSA) is 68.0 Å². The van der Waals surface area contributed by atoms with Gasteiger partial charge in [0.25, 0.3) is 5.91 Å². The van der Waals surface area contributed by atoms with Crippen LogP contribution in [0.25, 0.3) is 0 Å². The number of aryl methyl sites for hydroxylation is 3. The molecule has 1 aliphatic carbocycles. The van der Waals surface area contributed by atoms with E-state index < -0.39 is 0 Å². The lowest BCUT2D eigenvalue weighted by Crippen LogP contribution is -2.12. The summed E-state index contributed by atoms with van der Waals surface area (Å²) in [5, 5.41) is 2.87. The third-order valence-electron chi connectivity index (χ3n) is 3.55. The Morgan fingerprint density at radius 2 is 2.15 bits per heavy atom. The lowest BCUT2D eigenvalue weighted by molar-refractivity contribution is 0.103. The van der Waals surface area contributed by atoms with E-state index in [1.807, 2.05) is 19.1 Å². The highest BCUT2D eigenvalue weighted by Gasteiger charge is 2.18. The van der Waals surface area contributed by atoms with E-state index in [4.69, 9.17) is 5.73 Å². The van der Waals surface area contributed by atoms with Crippen molar-refractivity contribution >= 4 is 28.7 Å². The minimum Gasteiger partial charge on any atom is -0.397 e. The van der Waals surface area contributed by atoms with Crippen LogP contribution in [0, 0.1) is 6.92 Å². The molecule has 2 aromatic heterocycles. The number of nitrogens with one attached hydrogen (secondary N) is 1. The Bertz CT molecular complexity index is 640. The number of pyridine rings is 1. The number of carbonyl (C=O) groups excluding carboxylic acids is 1. The molecule has 0 aromatic carbocycles. The van der Waals surface area contributed by atoms with Crippen LogP contribution in [0.3, 0.4) is 0 Å². The second-order valence-electron chi connectivity index (χ2n) is 5.15. The molecular weight excluding hydrogens is 270 g/mol. The van der Waals surface area contributed by atoms with Crippen molar-refractivity contribution in [2.24, 2.45) is 0 Å². The lowest BCUT2D eigenvalue weighted by atomic mass is 9.99. The predicted octanol–water partition coefficient (Wildman–Crippen LogP) is 3.16.